The van der Waals surface area contributed by atoms with Crippen LogP contribution in [-0.4, -0.2) is 26.4 Å². The summed E-state index contributed by atoms with van der Waals surface area (Å²) < 4.78 is 1.92. The number of carbonyl (C=O) groups excluding carboxylic acids is 1. The van der Waals surface area contributed by atoms with Crippen molar-refractivity contribution in [1.82, 2.24) is 14.8 Å². The highest BCUT2D eigenvalue weighted by Gasteiger charge is 2.15. The highest BCUT2D eigenvalue weighted by molar-refractivity contribution is 8.00. The lowest BCUT2D eigenvalue weighted by Crippen LogP contribution is -2.15. The molecule has 0 aliphatic rings. The SMILES string of the molecule is Cc1cccnc1NC(=O)CSc1c(C)nn(-c2ccccc2)c1C. The Balaban J connectivity index is 1.70. The van der Waals surface area contributed by atoms with Crippen molar-refractivity contribution in [2.24, 2.45) is 0 Å². The standard InChI is InChI=1S/C19H20N4OS/c1-13-8-7-11-20-19(13)21-17(24)12-25-18-14(2)22-23(15(18)3)16-9-5-4-6-10-16/h4-11H,12H2,1-3H3,(H,20,21,24). The second kappa shape index (κ2) is 7.53. The van der Waals surface area contributed by atoms with Gasteiger partial charge in [-0.25, -0.2) is 9.67 Å². The van der Waals surface area contributed by atoms with Crippen LogP contribution in [0.15, 0.2) is 53.6 Å². The second-order valence-electron chi connectivity index (χ2n) is 5.75. The molecule has 6 heteroatoms. The van der Waals surface area contributed by atoms with Gasteiger partial charge < -0.3 is 5.32 Å². The van der Waals surface area contributed by atoms with Gasteiger partial charge in [-0.1, -0.05) is 24.3 Å². The normalized spacial score (nSPS) is 10.7. The maximum absolute atomic E-state index is 12.2. The molecule has 128 valence electrons. The number of pyridine rings is 1. The van der Waals surface area contributed by atoms with Gasteiger partial charge in [0.15, 0.2) is 0 Å². The van der Waals surface area contributed by atoms with Crippen LogP contribution >= 0.6 is 11.8 Å². The summed E-state index contributed by atoms with van der Waals surface area (Å²) in [6.07, 6.45) is 1.67. The number of aryl methyl sites for hydroxylation is 2. The number of para-hydroxylation sites is 1. The highest BCUT2D eigenvalue weighted by atomic mass is 32.2. The molecule has 0 fully saturated rings. The van der Waals surface area contributed by atoms with E-state index >= 15 is 0 Å². The first-order valence-corrected chi connectivity index (χ1v) is 9.00. The van der Waals surface area contributed by atoms with E-state index in [1.54, 1.807) is 6.20 Å². The zero-order valence-corrected chi connectivity index (χ0v) is 15.3. The quantitative estimate of drug-likeness (QED) is 0.707. The van der Waals surface area contributed by atoms with Crippen molar-refractivity contribution in [3.05, 3.63) is 65.6 Å². The molecule has 1 aromatic carbocycles. The van der Waals surface area contributed by atoms with Gasteiger partial charge in [-0.15, -0.1) is 11.8 Å². The summed E-state index contributed by atoms with van der Waals surface area (Å²) in [5, 5.41) is 7.47. The summed E-state index contributed by atoms with van der Waals surface area (Å²) in [6.45, 7) is 5.92. The first-order valence-electron chi connectivity index (χ1n) is 8.02. The Morgan fingerprint density at radius 2 is 1.88 bits per heavy atom. The van der Waals surface area contributed by atoms with E-state index in [4.69, 9.17) is 0 Å². The van der Waals surface area contributed by atoms with E-state index in [1.807, 2.05) is 67.9 Å². The number of hydrogen-bond donors (Lipinski definition) is 1. The molecule has 0 atom stereocenters. The van der Waals surface area contributed by atoms with E-state index in [1.165, 1.54) is 11.8 Å². The average molecular weight is 352 g/mol. The Bertz CT molecular complexity index is 890. The van der Waals surface area contributed by atoms with Gasteiger partial charge in [0.1, 0.15) is 5.82 Å². The predicted molar refractivity (Wildman–Crippen MR) is 101 cm³/mol. The first kappa shape index (κ1) is 17.2. The van der Waals surface area contributed by atoms with E-state index in [0.29, 0.717) is 11.6 Å². The van der Waals surface area contributed by atoms with E-state index in [0.717, 1.165) is 27.5 Å². The van der Waals surface area contributed by atoms with Gasteiger partial charge in [-0.2, -0.15) is 5.10 Å². The molecule has 3 aromatic rings. The number of rotatable bonds is 5. The molecule has 0 aliphatic carbocycles. The van der Waals surface area contributed by atoms with E-state index in [9.17, 15) is 4.79 Å². The third kappa shape index (κ3) is 3.91. The molecular formula is C19H20N4OS. The molecule has 0 aliphatic heterocycles. The van der Waals surface area contributed by atoms with Crippen LogP contribution in [-0.2, 0) is 4.79 Å². The molecule has 0 spiro atoms. The molecule has 5 nitrogen and oxygen atoms in total. The number of benzene rings is 1. The van der Waals surface area contributed by atoms with Gasteiger partial charge >= 0.3 is 0 Å². The predicted octanol–water partition coefficient (Wildman–Crippen LogP) is 3.92. The Hall–Kier alpha value is -2.60. The lowest BCUT2D eigenvalue weighted by atomic mass is 10.3. The van der Waals surface area contributed by atoms with Crippen LogP contribution in [0, 0.1) is 20.8 Å². The largest absolute Gasteiger partial charge is 0.310 e. The molecule has 1 N–H and O–H groups in total. The van der Waals surface area contributed by atoms with Crippen molar-refractivity contribution in [1.29, 1.82) is 0 Å². The monoisotopic (exact) mass is 352 g/mol. The van der Waals surface area contributed by atoms with Gasteiger partial charge in [0, 0.05) is 6.20 Å². The van der Waals surface area contributed by atoms with Crippen LogP contribution in [0.3, 0.4) is 0 Å². The van der Waals surface area contributed by atoms with Crippen molar-refractivity contribution in [2.45, 2.75) is 25.7 Å². The fraction of sp³-hybridized carbons (Fsp3) is 0.211. The number of anilines is 1. The van der Waals surface area contributed by atoms with Crippen LogP contribution in [0.5, 0.6) is 0 Å². The molecule has 0 bridgehead atoms. The number of nitrogens with one attached hydrogen (secondary N) is 1. The summed E-state index contributed by atoms with van der Waals surface area (Å²) in [7, 11) is 0. The van der Waals surface area contributed by atoms with E-state index in [2.05, 4.69) is 15.4 Å². The topological polar surface area (TPSA) is 59.8 Å². The summed E-state index contributed by atoms with van der Waals surface area (Å²) in [4.78, 5) is 17.5. The third-order valence-electron chi connectivity index (χ3n) is 3.84. The number of aromatic nitrogens is 3. The minimum atomic E-state index is -0.0712. The second-order valence-corrected chi connectivity index (χ2v) is 6.74. The Morgan fingerprint density at radius 1 is 1.12 bits per heavy atom. The summed E-state index contributed by atoms with van der Waals surface area (Å²) in [5.41, 5.74) is 3.93. The van der Waals surface area contributed by atoms with Gasteiger partial charge in [0.2, 0.25) is 5.91 Å². The molecule has 0 saturated heterocycles. The third-order valence-corrected chi connectivity index (χ3v) is 5.13. The first-order chi connectivity index (χ1) is 12.1. The van der Waals surface area contributed by atoms with Crippen molar-refractivity contribution in [3.63, 3.8) is 0 Å². The minimum Gasteiger partial charge on any atom is -0.310 e. The molecule has 25 heavy (non-hydrogen) atoms. The molecule has 0 saturated carbocycles. The number of nitrogens with zero attached hydrogens (tertiary/aromatic N) is 3. The molecule has 2 heterocycles. The molecule has 0 unspecified atom stereocenters. The smallest absolute Gasteiger partial charge is 0.235 e. The molecule has 0 radical (unpaired) electrons. The number of hydrogen-bond acceptors (Lipinski definition) is 4. The van der Waals surface area contributed by atoms with Crippen LogP contribution in [0.2, 0.25) is 0 Å². The Kier molecular flexibility index (Phi) is 5.19. The zero-order chi connectivity index (χ0) is 17.8. The van der Waals surface area contributed by atoms with Crippen LogP contribution < -0.4 is 5.32 Å². The van der Waals surface area contributed by atoms with Crippen molar-refractivity contribution >= 4 is 23.5 Å². The lowest BCUT2D eigenvalue weighted by Gasteiger charge is -2.07. The van der Waals surface area contributed by atoms with Gasteiger partial charge in [-0.05, 0) is 44.5 Å². The fourth-order valence-electron chi connectivity index (χ4n) is 2.58. The summed E-state index contributed by atoms with van der Waals surface area (Å²) in [5.74, 6) is 0.859. The van der Waals surface area contributed by atoms with Gasteiger partial charge in [-0.3, -0.25) is 4.79 Å². The fourth-order valence-corrected chi connectivity index (χ4v) is 3.47. The van der Waals surface area contributed by atoms with E-state index in [-0.39, 0.29) is 5.91 Å². The van der Waals surface area contributed by atoms with Crippen LogP contribution in [0.4, 0.5) is 5.82 Å². The average Bonchev–Trinajstić information content (AvgIpc) is 2.90. The number of amides is 1. The molecular weight excluding hydrogens is 332 g/mol. The maximum atomic E-state index is 12.2. The lowest BCUT2D eigenvalue weighted by molar-refractivity contribution is -0.113. The highest BCUT2D eigenvalue weighted by Crippen LogP contribution is 2.28. The van der Waals surface area contributed by atoms with Crippen molar-refractivity contribution < 1.29 is 4.79 Å². The molecule has 1 amide bonds. The maximum Gasteiger partial charge on any atom is 0.235 e. The van der Waals surface area contributed by atoms with Crippen LogP contribution in [0.25, 0.3) is 5.69 Å². The van der Waals surface area contributed by atoms with Crippen molar-refractivity contribution in [2.75, 3.05) is 11.1 Å². The Labute approximate surface area is 151 Å². The minimum absolute atomic E-state index is 0.0712. The van der Waals surface area contributed by atoms with E-state index < -0.39 is 0 Å². The van der Waals surface area contributed by atoms with Gasteiger partial charge in [0.25, 0.3) is 0 Å². The summed E-state index contributed by atoms with van der Waals surface area (Å²) in [6, 6.07) is 13.8. The number of thioether (sulfide) groups is 1. The molecule has 2 aromatic heterocycles. The van der Waals surface area contributed by atoms with Gasteiger partial charge in [0.05, 0.1) is 27.7 Å². The molecule has 3 rings (SSSR count). The van der Waals surface area contributed by atoms with Crippen molar-refractivity contribution in [3.8, 4) is 5.69 Å². The summed E-state index contributed by atoms with van der Waals surface area (Å²) >= 11 is 1.50. The Morgan fingerprint density at radius 3 is 2.60 bits per heavy atom. The number of carbonyl (C=O) groups is 1. The van der Waals surface area contributed by atoms with Crippen LogP contribution in [0.1, 0.15) is 17.0 Å². The zero-order valence-electron chi connectivity index (χ0n) is 14.5.